The highest BCUT2D eigenvalue weighted by molar-refractivity contribution is 5.79. The molecular formula is C15H31N3O2. The molecule has 2 atom stereocenters. The van der Waals surface area contributed by atoms with Gasteiger partial charge in [0.05, 0.1) is 6.10 Å². The Morgan fingerprint density at radius 3 is 2.75 bits per heavy atom. The first kappa shape index (κ1) is 17.2. The average Bonchev–Trinajstić information content (AvgIpc) is 2.85. The van der Waals surface area contributed by atoms with Crippen LogP contribution in [0.15, 0.2) is 4.99 Å². The highest BCUT2D eigenvalue weighted by Gasteiger charge is 2.24. The topological polar surface area (TPSA) is 65.9 Å². The van der Waals surface area contributed by atoms with Gasteiger partial charge in [-0.05, 0) is 39.5 Å². The molecule has 1 aliphatic carbocycles. The zero-order valence-electron chi connectivity index (χ0n) is 13.0. The van der Waals surface area contributed by atoms with Crippen molar-refractivity contribution in [2.24, 2.45) is 10.9 Å². The number of nitrogens with zero attached hydrogens (tertiary/aromatic N) is 1. The molecule has 0 aromatic rings. The third kappa shape index (κ3) is 7.10. The van der Waals surface area contributed by atoms with Crippen LogP contribution in [-0.2, 0) is 4.74 Å². The molecule has 1 saturated carbocycles. The number of aliphatic hydroxyl groups is 1. The van der Waals surface area contributed by atoms with Gasteiger partial charge in [-0.1, -0.05) is 6.42 Å². The Morgan fingerprint density at radius 2 is 2.10 bits per heavy atom. The molecule has 2 unspecified atom stereocenters. The predicted octanol–water partition coefficient (Wildman–Crippen LogP) is 1.52. The van der Waals surface area contributed by atoms with Crippen molar-refractivity contribution in [1.29, 1.82) is 0 Å². The van der Waals surface area contributed by atoms with E-state index in [0.717, 1.165) is 70.9 Å². The van der Waals surface area contributed by atoms with Crippen molar-refractivity contribution in [3.8, 4) is 0 Å². The summed E-state index contributed by atoms with van der Waals surface area (Å²) in [5, 5.41) is 16.4. The molecule has 0 spiro atoms. The summed E-state index contributed by atoms with van der Waals surface area (Å²) < 4.78 is 5.31. The fraction of sp³-hybridized carbons (Fsp3) is 0.933. The third-order valence-electron chi connectivity index (χ3n) is 3.66. The Labute approximate surface area is 123 Å². The van der Waals surface area contributed by atoms with Crippen molar-refractivity contribution in [3.05, 3.63) is 0 Å². The second kappa shape index (κ2) is 10.9. The molecule has 20 heavy (non-hydrogen) atoms. The fourth-order valence-electron chi connectivity index (χ4n) is 2.46. The van der Waals surface area contributed by atoms with Crippen LogP contribution in [0.2, 0.25) is 0 Å². The molecule has 0 heterocycles. The largest absolute Gasteiger partial charge is 0.393 e. The van der Waals surface area contributed by atoms with E-state index in [1.54, 1.807) is 0 Å². The maximum Gasteiger partial charge on any atom is 0.191 e. The fourth-order valence-corrected chi connectivity index (χ4v) is 2.46. The lowest BCUT2D eigenvalue weighted by Gasteiger charge is -2.14. The van der Waals surface area contributed by atoms with Gasteiger partial charge in [0.15, 0.2) is 5.96 Å². The van der Waals surface area contributed by atoms with Gasteiger partial charge in [0.25, 0.3) is 0 Å². The zero-order valence-corrected chi connectivity index (χ0v) is 13.0. The second-order valence-corrected chi connectivity index (χ2v) is 5.31. The molecule has 0 aromatic carbocycles. The summed E-state index contributed by atoms with van der Waals surface area (Å²) in [5.74, 6) is 1.20. The summed E-state index contributed by atoms with van der Waals surface area (Å²) in [4.78, 5) is 4.58. The number of guanidine groups is 1. The molecule has 3 N–H and O–H groups in total. The highest BCUT2D eigenvalue weighted by Crippen LogP contribution is 2.25. The number of hydrogen-bond acceptors (Lipinski definition) is 3. The van der Waals surface area contributed by atoms with Crippen molar-refractivity contribution in [2.75, 3.05) is 32.8 Å². The van der Waals surface area contributed by atoms with E-state index < -0.39 is 0 Å². The SMILES string of the molecule is CCNC(=NCC1CCCC1O)NCCCCOCC. The van der Waals surface area contributed by atoms with Gasteiger partial charge < -0.3 is 20.5 Å². The minimum Gasteiger partial charge on any atom is -0.393 e. The van der Waals surface area contributed by atoms with Gasteiger partial charge >= 0.3 is 0 Å². The van der Waals surface area contributed by atoms with E-state index in [4.69, 9.17) is 4.74 Å². The van der Waals surface area contributed by atoms with Crippen molar-refractivity contribution < 1.29 is 9.84 Å². The minimum absolute atomic E-state index is 0.159. The molecule has 0 amide bonds. The van der Waals surface area contributed by atoms with Crippen molar-refractivity contribution in [1.82, 2.24) is 10.6 Å². The number of hydrogen-bond donors (Lipinski definition) is 3. The van der Waals surface area contributed by atoms with Gasteiger partial charge in [0.1, 0.15) is 0 Å². The molecule has 5 heteroatoms. The molecule has 5 nitrogen and oxygen atoms in total. The summed E-state index contributed by atoms with van der Waals surface area (Å²) in [6.45, 7) is 8.20. The van der Waals surface area contributed by atoms with E-state index in [-0.39, 0.29) is 6.10 Å². The molecule has 0 radical (unpaired) electrons. The molecule has 1 aliphatic rings. The Balaban J connectivity index is 2.21. The molecule has 0 saturated heterocycles. The Morgan fingerprint density at radius 1 is 1.25 bits per heavy atom. The van der Waals surface area contributed by atoms with E-state index in [9.17, 15) is 5.11 Å². The third-order valence-corrected chi connectivity index (χ3v) is 3.66. The van der Waals surface area contributed by atoms with Crippen LogP contribution >= 0.6 is 0 Å². The number of rotatable bonds is 9. The first-order valence-electron chi connectivity index (χ1n) is 8.05. The van der Waals surface area contributed by atoms with Crippen LogP contribution in [0.1, 0.15) is 46.0 Å². The average molecular weight is 285 g/mol. The number of nitrogens with one attached hydrogen (secondary N) is 2. The second-order valence-electron chi connectivity index (χ2n) is 5.31. The summed E-state index contributed by atoms with van der Waals surface area (Å²) in [6.07, 6.45) is 5.15. The van der Waals surface area contributed by atoms with E-state index in [1.165, 1.54) is 0 Å². The lowest BCUT2D eigenvalue weighted by molar-refractivity contribution is 0.136. The zero-order chi connectivity index (χ0) is 14.6. The van der Waals surface area contributed by atoms with Crippen LogP contribution in [0.5, 0.6) is 0 Å². The highest BCUT2D eigenvalue weighted by atomic mass is 16.5. The first-order chi connectivity index (χ1) is 9.77. The van der Waals surface area contributed by atoms with E-state index >= 15 is 0 Å². The van der Waals surface area contributed by atoms with Crippen LogP contribution in [0, 0.1) is 5.92 Å². The standard InChI is InChI=1S/C15H31N3O2/c1-3-16-15(17-10-5-6-11-20-4-2)18-12-13-8-7-9-14(13)19/h13-14,19H,3-12H2,1-2H3,(H2,16,17,18). The Kier molecular flexibility index (Phi) is 9.41. The lowest BCUT2D eigenvalue weighted by Crippen LogP contribution is -2.38. The van der Waals surface area contributed by atoms with Crippen molar-refractivity contribution in [3.63, 3.8) is 0 Å². The van der Waals surface area contributed by atoms with Crippen LogP contribution in [0.3, 0.4) is 0 Å². The number of aliphatic imine (C=N–C) groups is 1. The maximum atomic E-state index is 9.80. The summed E-state index contributed by atoms with van der Waals surface area (Å²) >= 11 is 0. The van der Waals surface area contributed by atoms with Gasteiger partial charge in [0, 0.05) is 38.8 Å². The molecule has 1 fully saturated rings. The van der Waals surface area contributed by atoms with Crippen LogP contribution in [0.25, 0.3) is 0 Å². The lowest BCUT2D eigenvalue weighted by atomic mass is 10.1. The molecule has 0 aromatic heterocycles. The van der Waals surface area contributed by atoms with Crippen LogP contribution in [-0.4, -0.2) is 50.0 Å². The number of aliphatic hydroxyl groups excluding tert-OH is 1. The normalized spacial score (nSPS) is 23.1. The smallest absolute Gasteiger partial charge is 0.191 e. The van der Waals surface area contributed by atoms with E-state index in [0.29, 0.717) is 5.92 Å². The molecule has 0 bridgehead atoms. The summed E-state index contributed by atoms with van der Waals surface area (Å²) in [6, 6.07) is 0. The van der Waals surface area contributed by atoms with Gasteiger partial charge in [-0.3, -0.25) is 4.99 Å². The van der Waals surface area contributed by atoms with E-state index in [2.05, 4.69) is 22.5 Å². The Bertz CT molecular complexity index is 272. The molecular weight excluding hydrogens is 254 g/mol. The summed E-state index contributed by atoms with van der Waals surface area (Å²) in [5.41, 5.74) is 0. The maximum absolute atomic E-state index is 9.80. The monoisotopic (exact) mass is 285 g/mol. The van der Waals surface area contributed by atoms with Crippen molar-refractivity contribution in [2.45, 2.75) is 52.1 Å². The molecule has 0 aliphatic heterocycles. The van der Waals surface area contributed by atoms with Gasteiger partial charge in [0.2, 0.25) is 0 Å². The summed E-state index contributed by atoms with van der Waals surface area (Å²) in [7, 11) is 0. The van der Waals surface area contributed by atoms with Crippen LogP contribution < -0.4 is 10.6 Å². The van der Waals surface area contributed by atoms with Crippen molar-refractivity contribution >= 4 is 5.96 Å². The quantitative estimate of drug-likeness (QED) is 0.341. The predicted molar refractivity (Wildman–Crippen MR) is 83.1 cm³/mol. The molecule has 1 rings (SSSR count). The molecule has 118 valence electrons. The van der Waals surface area contributed by atoms with Gasteiger partial charge in [-0.15, -0.1) is 0 Å². The number of ether oxygens (including phenoxy) is 1. The first-order valence-corrected chi connectivity index (χ1v) is 8.05. The van der Waals surface area contributed by atoms with Crippen LogP contribution in [0.4, 0.5) is 0 Å². The van der Waals surface area contributed by atoms with Gasteiger partial charge in [-0.25, -0.2) is 0 Å². The van der Waals surface area contributed by atoms with Gasteiger partial charge in [-0.2, -0.15) is 0 Å². The van der Waals surface area contributed by atoms with E-state index in [1.807, 2.05) is 6.92 Å². The Hall–Kier alpha value is -0.810. The minimum atomic E-state index is -0.159. The number of unbranched alkanes of at least 4 members (excludes halogenated alkanes) is 1.